The van der Waals surface area contributed by atoms with Crippen LogP contribution in [0.5, 0.6) is 0 Å². The van der Waals surface area contributed by atoms with Gasteiger partial charge in [-0.3, -0.25) is 4.79 Å². The van der Waals surface area contributed by atoms with E-state index in [2.05, 4.69) is 4.98 Å². The van der Waals surface area contributed by atoms with Gasteiger partial charge >= 0.3 is 5.97 Å². The van der Waals surface area contributed by atoms with E-state index in [1.807, 2.05) is 24.3 Å². The Morgan fingerprint density at radius 2 is 2.15 bits per heavy atom. The van der Waals surface area contributed by atoms with E-state index in [4.69, 9.17) is 9.84 Å². The Morgan fingerprint density at radius 3 is 2.85 bits per heavy atom. The summed E-state index contributed by atoms with van der Waals surface area (Å²) in [6.45, 7) is 1.29. The van der Waals surface area contributed by atoms with Gasteiger partial charge in [-0.2, -0.15) is 0 Å². The average Bonchev–Trinajstić information content (AvgIpc) is 2.46. The molecular formula is C15H13NO4. The van der Waals surface area contributed by atoms with E-state index < -0.39 is 11.5 Å². The van der Waals surface area contributed by atoms with E-state index in [9.17, 15) is 9.59 Å². The molecule has 0 spiro atoms. The van der Waals surface area contributed by atoms with Gasteiger partial charge < -0.3 is 14.8 Å². The van der Waals surface area contributed by atoms with Crippen molar-refractivity contribution in [3.8, 4) is 0 Å². The highest BCUT2D eigenvalue weighted by Gasteiger charge is 2.11. The quantitative estimate of drug-likeness (QED) is 0.875. The summed E-state index contributed by atoms with van der Waals surface area (Å²) in [4.78, 5) is 25.3. The van der Waals surface area contributed by atoms with E-state index in [0.29, 0.717) is 24.1 Å². The molecule has 1 aromatic carbocycles. The molecular weight excluding hydrogens is 258 g/mol. The van der Waals surface area contributed by atoms with Gasteiger partial charge in [-0.05, 0) is 35.1 Å². The number of hydrogen-bond donors (Lipinski definition) is 2. The number of benzene rings is 1. The molecule has 102 valence electrons. The number of carbonyl (C=O) groups is 1. The number of carboxylic acid groups (broad SMARTS) is 1. The number of aromatic carboxylic acids is 1. The number of aromatic nitrogens is 1. The number of H-pyrrole nitrogens is 1. The van der Waals surface area contributed by atoms with Gasteiger partial charge in [-0.25, -0.2) is 4.79 Å². The summed E-state index contributed by atoms with van der Waals surface area (Å²) in [6.07, 6.45) is 2.86. The average molecular weight is 271 g/mol. The van der Waals surface area contributed by atoms with Crippen molar-refractivity contribution in [3.05, 3.63) is 51.8 Å². The lowest BCUT2D eigenvalue weighted by Crippen LogP contribution is -2.17. The van der Waals surface area contributed by atoms with Crippen LogP contribution in [0.4, 0.5) is 0 Å². The van der Waals surface area contributed by atoms with Crippen molar-refractivity contribution in [2.24, 2.45) is 0 Å². The van der Waals surface area contributed by atoms with Crippen LogP contribution in [0.3, 0.4) is 0 Å². The number of ether oxygens (including phenoxy) is 1. The predicted molar refractivity (Wildman–Crippen MR) is 74.9 cm³/mol. The Kier molecular flexibility index (Phi) is 3.12. The summed E-state index contributed by atoms with van der Waals surface area (Å²) in [7, 11) is 0. The topological polar surface area (TPSA) is 79.4 Å². The Labute approximate surface area is 114 Å². The number of carboxylic acids is 1. The van der Waals surface area contributed by atoms with E-state index in [0.717, 1.165) is 12.0 Å². The summed E-state index contributed by atoms with van der Waals surface area (Å²) in [5.41, 5.74) is 2.03. The lowest BCUT2D eigenvalue weighted by atomic mass is 10.00. The minimum atomic E-state index is -1.22. The maximum atomic E-state index is 11.7. The monoisotopic (exact) mass is 271 g/mol. The lowest BCUT2D eigenvalue weighted by molar-refractivity contribution is 0.0695. The zero-order valence-corrected chi connectivity index (χ0v) is 10.7. The van der Waals surface area contributed by atoms with E-state index in [1.165, 1.54) is 11.6 Å². The highest BCUT2D eigenvalue weighted by molar-refractivity contribution is 5.93. The second kappa shape index (κ2) is 4.94. The Balaban J connectivity index is 2.12. The first-order valence-electron chi connectivity index (χ1n) is 6.33. The minimum absolute atomic E-state index is 0.240. The molecule has 0 unspecified atom stereocenters. The summed E-state index contributed by atoms with van der Waals surface area (Å²) in [5, 5.41) is 9.65. The van der Waals surface area contributed by atoms with Crippen LogP contribution in [-0.2, 0) is 4.74 Å². The maximum absolute atomic E-state index is 11.7. The van der Waals surface area contributed by atoms with Crippen LogP contribution in [0.1, 0.15) is 22.3 Å². The van der Waals surface area contributed by atoms with Gasteiger partial charge in [-0.1, -0.05) is 18.2 Å². The van der Waals surface area contributed by atoms with Gasteiger partial charge in [0.05, 0.1) is 13.2 Å². The van der Waals surface area contributed by atoms with Crippen molar-refractivity contribution in [1.29, 1.82) is 0 Å². The zero-order chi connectivity index (χ0) is 14.1. The van der Waals surface area contributed by atoms with Crippen molar-refractivity contribution >= 4 is 22.4 Å². The Morgan fingerprint density at radius 1 is 1.30 bits per heavy atom. The SMILES string of the molecule is O=C(O)c1cc2ccc(C3=CCOCC3)cc2[nH]c1=O. The number of pyridine rings is 1. The van der Waals surface area contributed by atoms with Gasteiger partial charge in [-0.15, -0.1) is 0 Å². The fourth-order valence-electron chi connectivity index (χ4n) is 2.35. The highest BCUT2D eigenvalue weighted by atomic mass is 16.5. The van der Waals surface area contributed by atoms with Crippen molar-refractivity contribution in [2.45, 2.75) is 6.42 Å². The standard InChI is InChI=1S/C15H13NO4/c17-14-12(15(18)19)7-11-2-1-10(8-13(11)16-14)9-3-5-20-6-4-9/h1-3,7-8H,4-6H2,(H,16,17)(H,18,19). The Hall–Kier alpha value is -2.40. The molecule has 1 aliphatic rings. The molecule has 20 heavy (non-hydrogen) atoms. The lowest BCUT2D eigenvalue weighted by Gasteiger charge is -2.14. The van der Waals surface area contributed by atoms with Gasteiger partial charge in [0.25, 0.3) is 5.56 Å². The van der Waals surface area contributed by atoms with Crippen LogP contribution in [0.2, 0.25) is 0 Å². The summed E-state index contributed by atoms with van der Waals surface area (Å²) >= 11 is 0. The molecule has 2 aromatic rings. The largest absolute Gasteiger partial charge is 0.477 e. The highest BCUT2D eigenvalue weighted by Crippen LogP contribution is 2.24. The summed E-state index contributed by atoms with van der Waals surface area (Å²) < 4.78 is 5.27. The molecule has 2 N–H and O–H groups in total. The molecule has 0 bridgehead atoms. The molecule has 0 atom stereocenters. The number of hydrogen-bond acceptors (Lipinski definition) is 3. The molecule has 5 heteroatoms. The first-order valence-corrected chi connectivity index (χ1v) is 6.33. The summed E-state index contributed by atoms with van der Waals surface area (Å²) in [6, 6.07) is 7.03. The van der Waals surface area contributed by atoms with Crippen LogP contribution in [-0.4, -0.2) is 29.3 Å². The molecule has 0 fully saturated rings. The molecule has 0 saturated heterocycles. The van der Waals surface area contributed by atoms with Crippen molar-refractivity contribution < 1.29 is 14.6 Å². The first kappa shape index (κ1) is 12.6. The molecule has 1 aromatic heterocycles. The third-order valence-electron chi connectivity index (χ3n) is 3.41. The number of nitrogens with one attached hydrogen (secondary N) is 1. The van der Waals surface area contributed by atoms with Gasteiger partial charge in [0.15, 0.2) is 0 Å². The Bertz CT molecular complexity index is 773. The molecule has 5 nitrogen and oxygen atoms in total. The first-order chi connectivity index (χ1) is 9.65. The minimum Gasteiger partial charge on any atom is -0.477 e. The van der Waals surface area contributed by atoms with Crippen molar-refractivity contribution in [3.63, 3.8) is 0 Å². The van der Waals surface area contributed by atoms with Crippen LogP contribution >= 0.6 is 0 Å². The second-order valence-corrected chi connectivity index (χ2v) is 4.67. The van der Waals surface area contributed by atoms with E-state index >= 15 is 0 Å². The van der Waals surface area contributed by atoms with Crippen LogP contribution in [0.15, 0.2) is 35.1 Å². The van der Waals surface area contributed by atoms with Gasteiger partial charge in [0.2, 0.25) is 0 Å². The third-order valence-corrected chi connectivity index (χ3v) is 3.41. The van der Waals surface area contributed by atoms with Crippen LogP contribution in [0.25, 0.3) is 16.5 Å². The number of aromatic amines is 1. The number of fused-ring (bicyclic) bond motifs is 1. The predicted octanol–water partition coefficient (Wildman–Crippen LogP) is 2.03. The zero-order valence-electron chi connectivity index (χ0n) is 10.7. The molecule has 3 rings (SSSR count). The van der Waals surface area contributed by atoms with E-state index in [1.54, 1.807) is 0 Å². The third kappa shape index (κ3) is 2.23. The van der Waals surface area contributed by atoms with E-state index in [-0.39, 0.29) is 5.56 Å². The second-order valence-electron chi connectivity index (χ2n) is 4.67. The molecule has 0 amide bonds. The van der Waals surface area contributed by atoms with Crippen molar-refractivity contribution in [1.82, 2.24) is 4.98 Å². The number of rotatable bonds is 2. The normalized spacial score (nSPS) is 15.1. The smallest absolute Gasteiger partial charge is 0.341 e. The van der Waals surface area contributed by atoms with Crippen LogP contribution < -0.4 is 5.56 Å². The molecule has 0 radical (unpaired) electrons. The summed E-state index contributed by atoms with van der Waals surface area (Å²) in [5.74, 6) is -1.22. The molecule has 2 heterocycles. The van der Waals surface area contributed by atoms with Gasteiger partial charge in [0, 0.05) is 5.52 Å². The van der Waals surface area contributed by atoms with Crippen molar-refractivity contribution in [2.75, 3.05) is 13.2 Å². The molecule has 0 aliphatic carbocycles. The van der Waals surface area contributed by atoms with Crippen LogP contribution in [0, 0.1) is 0 Å². The van der Waals surface area contributed by atoms with Gasteiger partial charge in [0.1, 0.15) is 5.56 Å². The molecule has 1 aliphatic heterocycles. The fraction of sp³-hybridized carbons (Fsp3) is 0.200. The fourth-order valence-corrected chi connectivity index (χ4v) is 2.35. The maximum Gasteiger partial charge on any atom is 0.341 e. The molecule has 0 saturated carbocycles.